The van der Waals surface area contributed by atoms with Crippen molar-refractivity contribution in [3.8, 4) is 5.75 Å². The fraction of sp³-hybridized carbons (Fsp3) is 0.353. The Morgan fingerprint density at radius 2 is 1.92 bits per heavy atom. The second kappa shape index (κ2) is 7.09. The third-order valence-electron chi connectivity index (χ3n) is 3.65. The second-order valence-corrected chi connectivity index (χ2v) is 6.48. The van der Waals surface area contributed by atoms with E-state index in [1.54, 1.807) is 39.0 Å². The van der Waals surface area contributed by atoms with Gasteiger partial charge in [0.15, 0.2) is 0 Å². The number of amides is 2. The number of benzene rings is 1. The minimum absolute atomic E-state index is 0.182. The molecule has 1 aliphatic heterocycles. The molecule has 1 saturated heterocycles. The molecule has 2 rings (SSSR count). The first kappa shape index (κ1) is 18.1. The number of hydrogen-bond donors (Lipinski definition) is 1. The first-order valence-electron chi connectivity index (χ1n) is 7.50. The number of rotatable bonds is 4. The molecule has 1 aromatic carbocycles. The van der Waals surface area contributed by atoms with E-state index >= 15 is 0 Å². The molecule has 6 nitrogen and oxygen atoms in total. The number of phenolic OH excluding ortho intramolecular Hbond substituents is 1. The van der Waals surface area contributed by atoms with Crippen LogP contribution in [0.2, 0.25) is 0 Å². The Bertz CT molecular complexity index is 717. The molecule has 0 aliphatic carbocycles. The molecule has 0 bridgehead atoms. The van der Waals surface area contributed by atoms with E-state index in [-0.39, 0.29) is 17.3 Å². The van der Waals surface area contributed by atoms with Crippen LogP contribution < -0.4 is 0 Å². The second-order valence-electron chi connectivity index (χ2n) is 5.48. The summed E-state index contributed by atoms with van der Waals surface area (Å²) in [4.78, 5) is 37.5. The molecule has 1 heterocycles. The molecule has 128 valence electrons. The van der Waals surface area contributed by atoms with Crippen molar-refractivity contribution in [1.82, 2.24) is 4.90 Å². The fourth-order valence-corrected chi connectivity index (χ4v) is 3.31. The third kappa shape index (κ3) is 3.46. The van der Waals surface area contributed by atoms with Gasteiger partial charge >= 0.3 is 5.97 Å². The first-order valence-corrected chi connectivity index (χ1v) is 8.31. The molecule has 24 heavy (non-hydrogen) atoms. The minimum atomic E-state index is -0.966. The number of carbonyl (C=O) groups is 3. The highest BCUT2D eigenvalue weighted by Crippen LogP contribution is 2.34. The molecule has 0 spiro atoms. The number of aromatic hydroxyl groups is 1. The van der Waals surface area contributed by atoms with E-state index < -0.39 is 23.2 Å². The number of esters is 1. The zero-order valence-corrected chi connectivity index (χ0v) is 14.8. The monoisotopic (exact) mass is 349 g/mol. The maximum atomic E-state index is 12.5. The predicted octanol–water partition coefficient (Wildman–Crippen LogP) is 3.00. The van der Waals surface area contributed by atoms with Gasteiger partial charge in [-0.2, -0.15) is 0 Å². The highest BCUT2D eigenvalue weighted by atomic mass is 32.2. The fourth-order valence-electron chi connectivity index (χ4n) is 2.41. The van der Waals surface area contributed by atoms with Gasteiger partial charge < -0.3 is 9.84 Å². The van der Waals surface area contributed by atoms with Gasteiger partial charge in [0.2, 0.25) is 0 Å². The Morgan fingerprint density at radius 3 is 2.46 bits per heavy atom. The van der Waals surface area contributed by atoms with Crippen LogP contribution >= 0.6 is 11.8 Å². The zero-order chi connectivity index (χ0) is 18.0. The van der Waals surface area contributed by atoms with E-state index in [0.717, 1.165) is 16.7 Å². The largest absolute Gasteiger partial charge is 0.507 e. The van der Waals surface area contributed by atoms with Crippen molar-refractivity contribution in [2.45, 2.75) is 33.7 Å². The molecular weight excluding hydrogens is 330 g/mol. The molecule has 1 atom stereocenters. The normalized spacial score (nSPS) is 17.5. The molecule has 1 aliphatic rings. The van der Waals surface area contributed by atoms with E-state index in [1.165, 1.54) is 6.92 Å². The summed E-state index contributed by atoms with van der Waals surface area (Å²) >= 11 is 0.785. The van der Waals surface area contributed by atoms with Crippen LogP contribution in [0.4, 0.5) is 4.79 Å². The predicted molar refractivity (Wildman–Crippen MR) is 91.5 cm³/mol. The van der Waals surface area contributed by atoms with E-state index in [0.29, 0.717) is 16.7 Å². The lowest BCUT2D eigenvalue weighted by molar-refractivity contribution is -0.150. The van der Waals surface area contributed by atoms with Crippen molar-refractivity contribution in [1.29, 1.82) is 0 Å². The Labute approximate surface area is 144 Å². The Hall–Kier alpha value is -2.28. The lowest BCUT2D eigenvalue weighted by atomic mass is 10.1. The van der Waals surface area contributed by atoms with Crippen LogP contribution in [0.15, 0.2) is 17.0 Å². The summed E-state index contributed by atoms with van der Waals surface area (Å²) in [5.74, 6) is -0.928. The van der Waals surface area contributed by atoms with Crippen LogP contribution in [0.5, 0.6) is 5.75 Å². The van der Waals surface area contributed by atoms with E-state index in [2.05, 4.69) is 0 Å². The SMILES string of the molecule is CCOC(=O)C(C)N1C(=O)SC(=Cc2cc(C)c(O)c(C)c2)C1=O. The number of aryl methyl sites for hydroxylation is 2. The Balaban J connectivity index is 2.30. The van der Waals surface area contributed by atoms with E-state index in [4.69, 9.17) is 4.74 Å². The van der Waals surface area contributed by atoms with Gasteiger partial charge in [-0.3, -0.25) is 14.5 Å². The van der Waals surface area contributed by atoms with Gasteiger partial charge in [-0.25, -0.2) is 4.79 Å². The molecule has 1 aromatic rings. The highest BCUT2D eigenvalue weighted by molar-refractivity contribution is 8.18. The summed E-state index contributed by atoms with van der Waals surface area (Å²) in [5.41, 5.74) is 2.07. The average Bonchev–Trinajstić information content (AvgIpc) is 2.78. The maximum absolute atomic E-state index is 12.5. The van der Waals surface area contributed by atoms with Gasteiger partial charge in [0.25, 0.3) is 11.1 Å². The van der Waals surface area contributed by atoms with Crippen molar-refractivity contribution in [2.75, 3.05) is 6.61 Å². The summed E-state index contributed by atoms with van der Waals surface area (Å²) in [6.07, 6.45) is 1.59. The number of phenols is 1. The molecule has 1 N–H and O–H groups in total. The number of imide groups is 1. The summed E-state index contributed by atoms with van der Waals surface area (Å²) < 4.78 is 4.87. The molecule has 0 saturated carbocycles. The molecule has 0 radical (unpaired) electrons. The van der Waals surface area contributed by atoms with Gasteiger partial charge in [0, 0.05) is 0 Å². The van der Waals surface area contributed by atoms with Crippen LogP contribution in [0.25, 0.3) is 6.08 Å². The summed E-state index contributed by atoms with van der Waals surface area (Å²) in [5, 5.41) is 9.30. The van der Waals surface area contributed by atoms with Gasteiger partial charge in [0.1, 0.15) is 11.8 Å². The molecule has 2 amide bonds. The summed E-state index contributed by atoms with van der Waals surface area (Å²) in [6.45, 7) is 6.82. The van der Waals surface area contributed by atoms with E-state index in [9.17, 15) is 19.5 Å². The van der Waals surface area contributed by atoms with Crippen LogP contribution in [-0.4, -0.2) is 39.8 Å². The average molecular weight is 349 g/mol. The number of nitrogens with zero attached hydrogens (tertiary/aromatic N) is 1. The quantitative estimate of drug-likeness (QED) is 0.664. The topological polar surface area (TPSA) is 83.9 Å². The number of carbonyl (C=O) groups excluding carboxylic acids is 3. The summed E-state index contributed by atoms with van der Waals surface area (Å²) in [6, 6.07) is 2.49. The highest BCUT2D eigenvalue weighted by Gasteiger charge is 2.41. The van der Waals surface area contributed by atoms with Gasteiger partial charge in [-0.1, -0.05) is 0 Å². The van der Waals surface area contributed by atoms with Crippen LogP contribution in [-0.2, 0) is 14.3 Å². The lowest BCUT2D eigenvalue weighted by Gasteiger charge is -2.19. The van der Waals surface area contributed by atoms with Crippen molar-refractivity contribution in [3.05, 3.63) is 33.7 Å². The standard InChI is InChI=1S/C17H19NO5S/c1-5-23-16(21)11(4)18-15(20)13(24-17(18)22)8-12-6-9(2)14(19)10(3)7-12/h6-8,11,19H,5H2,1-4H3. The van der Waals surface area contributed by atoms with Crippen molar-refractivity contribution in [3.63, 3.8) is 0 Å². The smallest absolute Gasteiger partial charge is 0.329 e. The Kier molecular flexibility index (Phi) is 5.33. The zero-order valence-electron chi connectivity index (χ0n) is 14.0. The number of thioether (sulfide) groups is 1. The van der Waals surface area contributed by atoms with Gasteiger partial charge in [-0.15, -0.1) is 0 Å². The van der Waals surface area contributed by atoms with Crippen LogP contribution in [0.1, 0.15) is 30.5 Å². The number of ether oxygens (including phenoxy) is 1. The Morgan fingerprint density at radius 1 is 1.33 bits per heavy atom. The van der Waals surface area contributed by atoms with Gasteiger partial charge in [-0.05, 0) is 74.4 Å². The third-order valence-corrected chi connectivity index (χ3v) is 4.53. The van der Waals surface area contributed by atoms with Gasteiger partial charge in [0.05, 0.1) is 11.5 Å². The van der Waals surface area contributed by atoms with Crippen LogP contribution in [0, 0.1) is 13.8 Å². The van der Waals surface area contributed by atoms with Crippen molar-refractivity contribution >= 4 is 35.0 Å². The molecule has 1 unspecified atom stereocenters. The van der Waals surface area contributed by atoms with Crippen LogP contribution in [0.3, 0.4) is 0 Å². The minimum Gasteiger partial charge on any atom is -0.507 e. The molecule has 0 aromatic heterocycles. The summed E-state index contributed by atoms with van der Waals surface area (Å²) in [7, 11) is 0. The lowest BCUT2D eigenvalue weighted by Crippen LogP contribution is -2.42. The molecule has 1 fully saturated rings. The maximum Gasteiger partial charge on any atom is 0.329 e. The molecular formula is C17H19NO5S. The molecule has 7 heteroatoms. The number of hydrogen-bond acceptors (Lipinski definition) is 6. The van der Waals surface area contributed by atoms with Crippen molar-refractivity contribution < 1.29 is 24.2 Å². The first-order chi connectivity index (χ1) is 11.3. The van der Waals surface area contributed by atoms with E-state index in [1.807, 2.05) is 0 Å². The van der Waals surface area contributed by atoms with Crippen molar-refractivity contribution in [2.24, 2.45) is 0 Å².